The van der Waals surface area contributed by atoms with Gasteiger partial charge in [0.25, 0.3) is 0 Å². The van der Waals surface area contributed by atoms with Crippen molar-refractivity contribution in [1.82, 2.24) is 5.32 Å². The highest BCUT2D eigenvalue weighted by Crippen LogP contribution is 2.35. The first-order chi connectivity index (χ1) is 9.63. The Balaban J connectivity index is 2.05. The van der Waals surface area contributed by atoms with Gasteiger partial charge >= 0.3 is 6.09 Å². The zero-order valence-corrected chi connectivity index (χ0v) is 13.1. The van der Waals surface area contributed by atoms with Gasteiger partial charge in [-0.25, -0.2) is 9.18 Å². The Morgan fingerprint density at radius 1 is 1.55 bits per heavy atom. The lowest BCUT2D eigenvalue weighted by Crippen LogP contribution is -2.31. The Hall–Kier alpha value is -1.10. The molecule has 0 bridgehead atoms. The van der Waals surface area contributed by atoms with E-state index in [0.29, 0.717) is 11.1 Å². The van der Waals surface area contributed by atoms with Crippen LogP contribution in [0.5, 0.6) is 0 Å². The van der Waals surface area contributed by atoms with E-state index >= 15 is 0 Å². The molecule has 20 heavy (non-hydrogen) atoms. The first kappa shape index (κ1) is 15.3. The first-order valence-corrected chi connectivity index (χ1v) is 7.82. The number of unbranched alkanes of at least 4 members (excludes halogenated alkanes) is 1. The summed E-state index contributed by atoms with van der Waals surface area (Å²) in [5, 5.41) is 2.88. The fraction of sp³-hybridized carbons (Fsp3) is 0.533. The van der Waals surface area contributed by atoms with Gasteiger partial charge in [0.2, 0.25) is 0 Å². The van der Waals surface area contributed by atoms with Crippen LogP contribution in [0.1, 0.15) is 49.8 Å². The third kappa shape index (κ3) is 3.51. The summed E-state index contributed by atoms with van der Waals surface area (Å²) in [7, 11) is 0. The van der Waals surface area contributed by atoms with Gasteiger partial charge < -0.3 is 10.1 Å². The van der Waals surface area contributed by atoms with Crippen molar-refractivity contribution in [2.24, 2.45) is 0 Å². The highest BCUT2D eigenvalue weighted by molar-refractivity contribution is 9.10. The average Bonchev–Trinajstić information content (AvgIpc) is 2.44. The van der Waals surface area contributed by atoms with Crippen molar-refractivity contribution in [1.29, 1.82) is 0 Å². The third-order valence-corrected chi connectivity index (χ3v) is 4.41. The monoisotopic (exact) mass is 343 g/mol. The molecule has 1 aromatic rings. The number of carbonyl (C=O) groups is 1. The van der Waals surface area contributed by atoms with Crippen molar-refractivity contribution in [3.05, 3.63) is 33.5 Å². The summed E-state index contributed by atoms with van der Waals surface area (Å²) in [6.45, 7) is 2.49. The molecule has 1 aliphatic rings. The maximum atomic E-state index is 13.5. The Bertz CT molecular complexity index is 493. The SMILES string of the molecule is CCCCOC(=O)NC1CCCc2c1ccc(F)c2Br. The maximum Gasteiger partial charge on any atom is 0.407 e. The van der Waals surface area contributed by atoms with E-state index < -0.39 is 6.09 Å². The molecule has 0 saturated carbocycles. The number of amides is 1. The van der Waals surface area contributed by atoms with E-state index in [-0.39, 0.29) is 11.9 Å². The minimum absolute atomic E-state index is 0.0928. The summed E-state index contributed by atoms with van der Waals surface area (Å²) in [6, 6.07) is 3.10. The Kier molecular flexibility index (Phi) is 5.40. The molecule has 0 spiro atoms. The summed E-state index contributed by atoms with van der Waals surface area (Å²) >= 11 is 3.29. The van der Waals surface area contributed by atoms with E-state index in [1.54, 1.807) is 6.07 Å². The molecule has 3 nitrogen and oxygen atoms in total. The molecule has 0 heterocycles. The van der Waals surface area contributed by atoms with Gasteiger partial charge in [-0.1, -0.05) is 19.4 Å². The van der Waals surface area contributed by atoms with Crippen molar-refractivity contribution >= 4 is 22.0 Å². The van der Waals surface area contributed by atoms with Gasteiger partial charge in [0.05, 0.1) is 17.1 Å². The van der Waals surface area contributed by atoms with Crippen molar-refractivity contribution in [3.8, 4) is 0 Å². The Labute approximate surface area is 127 Å². The summed E-state index contributed by atoms with van der Waals surface area (Å²) in [6.07, 6.45) is 4.08. The number of nitrogens with one attached hydrogen (secondary N) is 1. The number of benzene rings is 1. The molecule has 110 valence electrons. The van der Waals surface area contributed by atoms with Crippen LogP contribution in [0.2, 0.25) is 0 Å². The summed E-state index contributed by atoms with van der Waals surface area (Å²) in [5.41, 5.74) is 1.94. The second-order valence-corrected chi connectivity index (χ2v) is 5.80. The average molecular weight is 344 g/mol. The standard InChI is InChI=1S/C15H19BrFNO2/c1-2-3-9-20-15(19)18-13-6-4-5-11-10(13)7-8-12(17)14(11)16/h7-8,13H,2-6,9H2,1H3,(H,18,19). The van der Waals surface area contributed by atoms with Crippen LogP contribution in [0.4, 0.5) is 9.18 Å². The first-order valence-electron chi connectivity index (χ1n) is 7.03. The van der Waals surface area contributed by atoms with Gasteiger partial charge in [-0.05, 0) is 58.8 Å². The number of fused-ring (bicyclic) bond motifs is 1. The lowest BCUT2D eigenvalue weighted by Gasteiger charge is -2.27. The normalized spacial score (nSPS) is 17.4. The topological polar surface area (TPSA) is 38.3 Å². The summed E-state index contributed by atoms with van der Waals surface area (Å²) < 4.78 is 19.2. The van der Waals surface area contributed by atoms with Crippen molar-refractivity contribution in [3.63, 3.8) is 0 Å². The van der Waals surface area contributed by atoms with Crippen LogP contribution < -0.4 is 5.32 Å². The number of rotatable bonds is 4. The van der Waals surface area contributed by atoms with E-state index in [9.17, 15) is 9.18 Å². The Morgan fingerprint density at radius 2 is 2.35 bits per heavy atom. The van der Waals surface area contributed by atoms with E-state index in [4.69, 9.17) is 4.74 Å². The molecule has 1 amide bonds. The largest absolute Gasteiger partial charge is 0.450 e. The van der Waals surface area contributed by atoms with Crippen molar-refractivity contribution in [2.75, 3.05) is 6.61 Å². The molecule has 1 unspecified atom stereocenters. The molecule has 1 aliphatic carbocycles. The number of alkyl carbamates (subject to hydrolysis) is 1. The molecular weight excluding hydrogens is 325 g/mol. The number of hydrogen-bond donors (Lipinski definition) is 1. The fourth-order valence-electron chi connectivity index (χ4n) is 2.47. The van der Waals surface area contributed by atoms with Gasteiger partial charge in [0.1, 0.15) is 5.82 Å². The van der Waals surface area contributed by atoms with Gasteiger partial charge in [0.15, 0.2) is 0 Å². The van der Waals surface area contributed by atoms with Gasteiger partial charge in [-0.3, -0.25) is 0 Å². The van der Waals surface area contributed by atoms with Crippen LogP contribution in [0.3, 0.4) is 0 Å². The predicted molar refractivity (Wildman–Crippen MR) is 79.2 cm³/mol. The van der Waals surface area contributed by atoms with E-state index in [1.165, 1.54) is 6.07 Å². The molecule has 1 aromatic carbocycles. The number of hydrogen-bond acceptors (Lipinski definition) is 2. The second kappa shape index (κ2) is 7.07. The second-order valence-electron chi connectivity index (χ2n) is 5.01. The van der Waals surface area contributed by atoms with Gasteiger partial charge in [-0.15, -0.1) is 0 Å². The third-order valence-electron chi connectivity index (χ3n) is 3.55. The molecule has 0 radical (unpaired) electrons. The number of carbonyl (C=O) groups excluding carboxylic acids is 1. The molecule has 1 N–H and O–H groups in total. The molecular formula is C15H19BrFNO2. The van der Waals surface area contributed by atoms with E-state index in [1.807, 2.05) is 6.92 Å². The summed E-state index contributed by atoms with van der Waals surface area (Å²) in [4.78, 5) is 11.7. The predicted octanol–water partition coefficient (Wildman–Crippen LogP) is 4.49. The molecule has 0 aliphatic heterocycles. The van der Waals surface area contributed by atoms with E-state index in [0.717, 1.165) is 43.2 Å². The molecule has 0 aromatic heterocycles. The van der Waals surface area contributed by atoms with E-state index in [2.05, 4.69) is 21.2 Å². The highest BCUT2D eigenvalue weighted by Gasteiger charge is 2.25. The number of ether oxygens (including phenoxy) is 1. The molecule has 2 rings (SSSR count). The zero-order valence-electron chi connectivity index (χ0n) is 11.5. The number of halogens is 2. The molecule has 1 atom stereocenters. The van der Waals surface area contributed by atoms with Gasteiger partial charge in [-0.2, -0.15) is 0 Å². The molecule has 5 heteroatoms. The van der Waals surface area contributed by atoms with Crippen molar-refractivity contribution in [2.45, 2.75) is 45.1 Å². The van der Waals surface area contributed by atoms with Crippen LogP contribution in [0.25, 0.3) is 0 Å². The van der Waals surface area contributed by atoms with Crippen LogP contribution in [-0.4, -0.2) is 12.7 Å². The Morgan fingerprint density at radius 3 is 3.10 bits per heavy atom. The summed E-state index contributed by atoms with van der Waals surface area (Å²) in [5.74, 6) is -0.255. The lowest BCUT2D eigenvalue weighted by molar-refractivity contribution is 0.139. The van der Waals surface area contributed by atoms with Gasteiger partial charge in [0, 0.05) is 0 Å². The smallest absolute Gasteiger partial charge is 0.407 e. The highest BCUT2D eigenvalue weighted by atomic mass is 79.9. The lowest BCUT2D eigenvalue weighted by atomic mass is 9.87. The minimum Gasteiger partial charge on any atom is -0.450 e. The zero-order chi connectivity index (χ0) is 14.5. The molecule has 0 saturated heterocycles. The molecule has 0 fully saturated rings. The van der Waals surface area contributed by atoms with Crippen LogP contribution >= 0.6 is 15.9 Å². The maximum absolute atomic E-state index is 13.5. The van der Waals surface area contributed by atoms with Crippen LogP contribution in [0, 0.1) is 5.82 Å². The van der Waals surface area contributed by atoms with Crippen LogP contribution in [0.15, 0.2) is 16.6 Å². The minimum atomic E-state index is -0.392. The van der Waals surface area contributed by atoms with Crippen molar-refractivity contribution < 1.29 is 13.9 Å². The fourth-order valence-corrected chi connectivity index (χ4v) is 3.03. The van der Waals surface area contributed by atoms with Crippen LogP contribution in [-0.2, 0) is 11.2 Å². The quantitative estimate of drug-likeness (QED) is 0.817.